The van der Waals surface area contributed by atoms with Crippen molar-refractivity contribution >= 4 is 63.3 Å². The molecule has 4 aliphatic rings. The molecule has 2 fully saturated rings. The number of halogens is 1. The number of azo groups is 1. The lowest BCUT2D eigenvalue weighted by Crippen LogP contribution is -2.58. The van der Waals surface area contributed by atoms with Crippen molar-refractivity contribution in [3.8, 4) is 5.75 Å². The smallest absolute Gasteiger partial charge is 0.238 e. The van der Waals surface area contributed by atoms with Gasteiger partial charge in [-0.1, -0.05) is 90.0 Å². The van der Waals surface area contributed by atoms with E-state index in [0.29, 0.717) is 39.3 Å². The highest BCUT2D eigenvalue weighted by Crippen LogP contribution is 2.64. The Labute approximate surface area is 341 Å². The monoisotopic (exact) mass is 786 g/mol. The molecule has 0 unspecified atom stereocenters. The summed E-state index contributed by atoms with van der Waals surface area (Å²) in [5.41, 5.74) is 4.26. The number of rotatable bonds is 7. The minimum Gasteiger partial charge on any atom is -0.508 e. The molecule has 0 aromatic heterocycles. The summed E-state index contributed by atoms with van der Waals surface area (Å²) in [5, 5.41) is 19.4. The zero-order valence-electron chi connectivity index (χ0n) is 31.8. The summed E-state index contributed by atoms with van der Waals surface area (Å²) in [7, 11) is 3.93. The molecular weight excluding hydrogens is 748 g/mol. The van der Waals surface area contributed by atoms with E-state index in [9.17, 15) is 14.7 Å². The molecule has 1 saturated heterocycles. The minimum atomic E-state index is -1.42. The van der Waals surface area contributed by atoms with Gasteiger partial charge in [0.25, 0.3) is 0 Å². The number of benzene rings is 5. The molecule has 5 aromatic rings. The summed E-state index contributed by atoms with van der Waals surface area (Å²) in [6.07, 6.45) is 3.92. The summed E-state index contributed by atoms with van der Waals surface area (Å²) in [5.74, 6) is -4.83. The van der Waals surface area contributed by atoms with Gasteiger partial charge in [-0.15, -0.1) is 0 Å². The number of hydrogen-bond acceptors (Lipinski definition) is 8. The van der Waals surface area contributed by atoms with Crippen LogP contribution in [-0.2, 0) is 24.6 Å². The number of amides is 2. The Hall–Kier alpha value is -6.45. The Kier molecular flexibility index (Phi) is 9.28. The van der Waals surface area contributed by atoms with Crippen LogP contribution in [0.5, 0.6) is 5.75 Å². The average Bonchev–Trinajstić information content (AvgIpc) is 3.50. The van der Waals surface area contributed by atoms with Gasteiger partial charge in [0, 0.05) is 42.2 Å². The highest BCUT2D eigenvalue weighted by atomic mass is 35.5. The SMILES string of the molecule is CN(C)c1ccc(N=Nc2ccc(N3C(=O)[C@H]4[C@H](CC=C5[C@H]4C[C@H]4C(=O)C(c6ccccc6)=CC(=O)[C@@]4(c4ccccc4)[C@H]5c4ccc(O)cc4Cl)C3=O)cc2)cc1. The van der Waals surface area contributed by atoms with E-state index in [4.69, 9.17) is 11.6 Å². The van der Waals surface area contributed by atoms with Crippen LogP contribution in [0, 0.1) is 23.7 Å². The third kappa shape index (κ3) is 5.91. The molecule has 1 N–H and O–H groups in total. The molecule has 0 spiro atoms. The number of fused-ring (bicyclic) bond motifs is 4. The maximum Gasteiger partial charge on any atom is 0.238 e. The number of phenolic OH excluding ortho intramolecular Hbond substituents is 1. The van der Waals surface area contributed by atoms with Crippen molar-refractivity contribution in [3.63, 3.8) is 0 Å². The van der Waals surface area contributed by atoms with E-state index in [-0.39, 0.29) is 47.0 Å². The Morgan fingerprint density at radius 1 is 0.759 bits per heavy atom. The second-order valence-corrected chi connectivity index (χ2v) is 16.0. The van der Waals surface area contributed by atoms with Crippen LogP contribution >= 0.6 is 11.6 Å². The van der Waals surface area contributed by atoms with Crippen LogP contribution in [0.4, 0.5) is 22.7 Å². The second-order valence-electron chi connectivity index (χ2n) is 15.6. The van der Waals surface area contributed by atoms with Crippen LogP contribution in [0.1, 0.15) is 35.4 Å². The molecule has 10 heteroatoms. The van der Waals surface area contributed by atoms with Gasteiger partial charge in [-0.3, -0.25) is 24.1 Å². The molecule has 9 rings (SSSR count). The first kappa shape index (κ1) is 37.1. The van der Waals surface area contributed by atoms with Gasteiger partial charge in [0.2, 0.25) is 11.8 Å². The third-order valence-electron chi connectivity index (χ3n) is 12.4. The number of imide groups is 1. The van der Waals surface area contributed by atoms with Crippen molar-refractivity contribution in [1.29, 1.82) is 0 Å². The maximum absolute atomic E-state index is 15.2. The molecule has 58 heavy (non-hydrogen) atoms. The van der Waals surface area contributed by atoms with Crippen LogP contribution in [0.2, 0.25) is 5.02 Å². The summed E-state index contributed by atoms with van der Waals surface area (Å²) >= 11 is 6.99. The van der Waals surface area contributed by atoms with Crippen LogP contribution in [0.3, 0.4) is 0 Å². The predicted molar refractivity (Wildman–Crippen MR) is 224 cm³/mol. The maximum atomic E-state index is 15.2. The Bertz CT molecular complexity index is 2570. The fourth-order valence-corrected chi connectivity index (χ4v) is 10.1. The quantitative estimate of drug-likeness (QED) is 0.0997. The number of hydrogen-bond donors (Lipinski definition) is 1. The number of aromatic hydroxyl groups is 1. The van der Waals surface area contributed by atoms with Crippen molar-refractivity contribution in [3.05, 3.63) is 167 Å². The molecule has 2 amide bonds. The van der Waals surface area contributed by atoms with Gasteiger partial charge < -0.3 is 10.0 Å². The lowest BCUT2D eigenvalue weighted by molar-refractivity contribution is -0.135. The molecule has 3 aliphatic carbocycles. The first-order chi connectivity index (χ1) is 28.1. The van der Waals surface area contributed by atoms with Crippen molar-refractivity contribution in [2.75, 3.05) is 23.9 Å². The van der Waals surface area contributed by atoms with Gasteiger partial charge in [-0.25, -0.2) is 0 Å². The Morgan fingerprint density at radius 2 is 1.40 bits per heavy atom. The number of Topliss-reactive ketones (excluding diaryl/α,β-unsaturated/α-hetero) is 1. The second kappa shape index (κ2) is 14.5. The number of allylic oxidation sites excluding steroid dienone is 4. The highest BCUT2D eigenvalue weighted by Gasteiger charge is 2.66. The molecule has 9 nitrogen and oxygen atoms in total. The van der Waals surface area contributed by atoms with Crippen LogP contribution in [0.15, 0.2) is 155 Å². The molecule has 1 heterocycles. The minimum absolute atomic E-state index is 0.0419. The fourth-order valence-electron chi connectivity index (χ4n) is 9.82. The van der Waals surface area contributed by atoms with Crippen molar-refractivity contribution in [2.45, 2.75) is 24.2 Å². The average molecular weight is 787 g/mol. The van der Waals surface area contributed by atoms with Crippen molar-refractivity contribution < 1.29 is 24.3 Å². The summed E-state index contributed by atoms with van der Waals surface area (Å²) in [6, 6.07) is 37.7. The van der Waals surface area contributed by atoms with Gasteiger partial charge in [0.05, 0.1) is 34.3 Å². The first-order valence-corrected chi connectivity index (χ1v) is 19.7. The van der Waals surface area contributed by atoms with Gasteiger partial charge in [0.1, 0.15) is 5.75 Å². The molecule has 1 aliphatic heterocycles. The van der Waals surface area contributed by atoms with Gasteiger partial charge >= 0.3 is 0 Å². The number of carbonyl (C=O) groups excluding carboxylic acids is 4. The summed E-state index contributed by atoms with van der Waals surface area (Å²) < 4.78 is 0. The largest absolute Gasteiger partial charge is 0.508 e. The van der Waals surface area contributed by atoms with E-state index < -0.39 is 35.0 Å². The van der Waals surface area contributed by atoms with Gasteiger partial charge in [-0.2, -0.15) is 10.2 Å². The van der Waals surface area contributed by atoms with E-state index in [0.717, 1.165) is 11.3 Å². The lowest BCUT2D eigenvalue weighted by atomic mass is 9.44. The van der Waals surface area contributed by atoms with Crippen LogP contribution < -0.4 is 9.80 Å². The lowest BCUT2D eigenvalue weighted by Gasteiger charge is -2.55. The predicted octanol–water partition coefficient (Wildman–Crippen LogP) is 9.56. The summed E-state index contributed by atoms with van der Waals surface area (Å²) in [4.78, 5) is 62.7. The van der Waals surface area contributed by atoms with Crippen molar-refractivity contribution in [1.82, 2.24) is 0 Å². The number of phenols is 1. The van der Waals surface area contributed by atoms with E-state index in [1.54, 1.807) is 30.3 Å². The van der Waals surface area contributed by atoms with E-state index in [2.05, 4.69) is 10.2 Å². The third-order valence-corrected chi connectivity index (χ3v) is 12.8. The van der Waals surface area contributed by atoms with E-state index in [1.165, 1.54) is 23.1 Å². The molecular formula is C48H39ClN4O5. The van der Waals surface area contributed by atoms with Crippen LogP contribution in [-0.4, -0.2) is 42.6 Å². The van der Waals surface area contributed by atoms with E-state index in [1.807, 2.05) is 110 Å². The molecule has 6 atom stereocenters. The molecule has 0 radical (unpaired) electrons. The molecule has 288 valence electrons. The normalized spacial score (nSPS) is 25.2. The molecule has 1 saturated carbocycles. The zero-order chi connectivity index (χ0) is 40.3. The standard InChI is InChI=1S/C48H39ClN4O5/c1-52(2)32-17-13-30(14-18-32)50-51-31-15-19-33(20-16-31)53-46(57)37-24-23-35-39(43(37)47(53)58)26-40-45(56)38(28-9-5-3-6-10-28)27-42(55)48(40,29-11-7-4-8-12-29)44(35)36-22-21-34(54)25-41(36)49/h3-23,25,27,37,39-40,43-44,54H,24,26H2,1-2H3/t37-,39+,40-,43-,44+,48-/m0/s1. The van der Waals surface area contributed by atoms with Gasteiger partial charge in [0.15, 0.2) is 11.6 Å². The number of carbonyl (C=O) groups is 4. The van der Waals surface area contributed by atoms with E-state index >= 15 is 9.59 Å². The molecule has 5 aromatic carbocycles. The topological polar surface area (TPSA) is 120 Å². The van der Waals surface area contributed by atoms with Gasteiger partial charge in [-0.05, 0) is 102 Å². The number of nitrogens with zero attached hydrogens (tertiary/aromatic N) is 4. The Morgan fingerprint density at radius 3 is 2.03 bits per heavy atom. The summed E-state index contributed by atoms with van der Waals surface area (Å²) in [6.45, 7) is 0. The zero-order valence-corrected chi connectivity index (χ0v) is 32.6. The fraction of sp³-hybridized carbons (Fsp3) is 0.208. The Balaban J connectivity index is 1.12. The number of ketones is 2. The first-order valence-electron chi connectivity index (χ1n) is 19.3. The molecule has 0 bridgehead atoms. The van der Waals surface area contributed by atoms with Crippen LogP contribution in [0.25, 0.3) is 5.57 Å². The highest BCUT2D eigenvalue weighted by molar-refractivity contribution is 6.33. The number of anilines is 2. The van der Waals surface area contributed by atoms with Crippen molar-refractivity contribution in [2.24, 2.45) is 33.9 Å².